The van der Waals surface area contributed by atoms with E-state index in [2.05, 4.69) is 23.9 Å². The number of rotatable bonds is 14. The normalized spacial score (nSPS) is 15.5. The van der Waals surface area contributed by atoms with Gasteiger partial charge >= 0.3 is 0 Å². The van der Waals surface area contributed by atoms with Crippen molar-refractivity contribution in [1.82, 2.24) is 0 Å². The minimum atomic E-state index is 0.231. The second-order valence-electron chi connectivity index (χ2n) is 8.26. The van der Waals surface area contributed by atoms with Gasteiger partial charge in [0, 0.05) is 12.8 Å². The van der Waals surface area contributed by atoms with E-state index in [9.17, 15) is 5.11 Å². The fraction of sp³-hybridized carbons (Fsp3) is 0.654. The number of unbranched alkanes of at least 4 members (excludes halogenated alkanes) is 10. The van der Waals surface area contributed by atoms with Gasteiger partial charge in [0.25, 0.3) is 0 Å². The molecule has 3 heteroatoms. The summed E-state index contributed by atoms with van der Waals surface area (Å²) in [6.07, 6.45) is 19.0. The zero-order valence-electron chi connectivity index (χ0n) is 18.3. The Morgan fingerprint density at radius 2 is 1.55 bits per heavy atom. The highest BCUT2D eigenvalue weighted by atomic mass is 16.6. The molecule has 0 bridgehead atoms. The number of aryl methyl sites for hydroxylation is 1. The monoisotopic (exact) mass is 397 g/mol. The van der Waals surface area contributed by atoms with Crippen molar-refractivity contribution < 1.29 is 9.94 Å². The van der Waals surface area contributed by atoms with E-state index in [4.69, 9.17) is 4.84 Å². The van der Waals surface area contributed by atoms with Crippen LogP contribution < -0.4 is 0 Å². The van der Waals surface area contributed by atoms with Gasteiger partial charge in [-0.3, -0.25) is 0 Å². The summed E-state index contributed by atoms with van der Waals surface area (Å²) in [7, 11) is 0. The number of phenols is 1. The lowest BCUT2D eigenvalue weighted by Gasteiger charge is -2.07. The number of phenolic OH excluding ortho intramolecular Hbond substituents is 1. The maximum Gasteiger partial charge on any atom is 0.133 e. The maximum atomic E-state index is 9.30. The van der Waals surface area contributed by atoms with Crippen molar-refractivity contribution in [3.8, 4) is 17.6 Å². The molecule has 0 aromatic heterocycles. The highest BCUT2D eigenvalue weighted by Crippen LogP contribution is 2.18. The lowest BCUT2D eigenvalue weighted by molar-refractivity contribution is 0.0770. The summed E-state index contributed by atoms with van der Waals surface area (Å²) in [5.41, 5.74) is 2.08. The highest BCUT2D eigenvalue weighted by molar-refractivity contribution is 6.01. The lowest BCUT2D eigenvalue weighted by Crippen LogP contribution is -2.06. The summed E-state index contributed by atoms with van der Waals surface area (Å²) in [6, 6.07) is 7.32. The molecule has 160 valence electrons. The first-order chi connectivity index (χ1) is 14.3. The van der Waals surface area contributed by atoms with Gasteiger partial charge in [0.2, 0.25) is 0 Å². The van der Waals surface area contributed by atoms with Crippen LogP contribution in [-0.2, 0) is 11.3 Å². The summed E-state index contributed by atoms with van der Waals surface area (Å²) >= 11 is 0. The minimum Gasteiger partial charge on any atom is -0.508 e. The first-order valence-corrected chi connectivity index (χ1v) is 11.8. The standard InChI is InChI=1S/C26H39NO2/c1-2-3-4-5-6-7-8-9-10-11-12-17-26-22-24(27-29-26)16-14-13-15-23-18-20-25(28)21-19-23/h18-21,26,28H,2-13,15,17,22H2,1H3. The van der Waals surface area contributed by atoms with Gasteiger partial charge in [-0.05, 0) is 42.9 Å². The molecule has 1 unspecified atom stereocenters. The van der Waals surface area contributed by atoms with E-state index in [1.807, 2.05) is 12.1 Å². The van der Waals surface area contributed by atoms with Crippen LogP contribution >= 0.6 is 0 Å². The summed E-state index contributed by atoms with van der Waals surface area (Å²) in [4.78, 5) is 5.54. The molecule has 0 saturated carbocycles. The average molecular weight is 398 g/mol. The molecule has 1 aromatic rings. The highest BCUT2D eigenvalue weighted by Gasteiger charge is 2.18. The molecule has 1 heterocycles. The Morgan fingerprint density at radius 1 is 0.931 bits per heavy atom. The third-order valence-corrected chi connectivity index (χ3v) is 5.57. The van der Waals surface area contributed by atoms with E-state index < -0.39 is 0 Å². The van der Waals surface area contributed by atoms with Crippen LogP contribution in [0.25, 0.3) is 0 Å². The summed E-state index contributed by atoms with van der Waals surface area (Å²) in [6.45, 7) is 2.28. The van der Waals surface area contributed by atoms with E-state index in [1.54, 1.807) is 12.1 Å². The Morgan fingerprint density at radius 3 is 2.21 bits per heavy atom. The SMILES string of the molecule is CCCCCCCCCCCCCC1CC(C#CCCc2ccc(O)cc2)=NO1. The van der Waals surface area contributed by atoms with Crippen LogP contribution in [-0.4, -0.2) is 16.9 Å². The average Bonchev–Trinajstić information content (AvgIpc) is 3.18. The van der Waals surface area contributed by atoms with Gasteiger partial charge in [0.15, 0.2) is 0 Å². The topological polar surface area (TPSA) is 41.8 Å². The van der Waals surface area contributed by atoms with Crippen LogP contribution in [0.5, 0.6) is 5.75 Å². The van der Waals surface area contributed by atoms with Crippen molar-refractivity contribution in [2.75, 3.05) is 0 Å². The van der Waals surface area contributed by atoms with E-state index >= 15 is 0 Å². The third-order valence-electron chi connectivity index (χ3n) is 5.57. The van der Waals surface area contributed by atoms with Gasteiger partial charge in [-0.1, -0.05) is 94.3 Å². The van der Waals surface area contributed by atoms with Crippen LogP contribution in [0, 0.1) is 11.8 Å². The summed E-state index contributed by atoms with van der Waals surface area (Å²) in [5.74, 6) is 6.67. The molecule has 1 N–H and O–H groups in total. The Kier molecular flexibility index (Phi) is 12.0. The lowest BCUT2D eigenvalue weighted by atomic mass is 10.0. The fourth-order valence-corrected chi connectivity index (χ4v) is 3.73. The van der Waals surface area contributed by atoms with Crippen LogP contribution in [0.3, 0.4) is 0 Å². The van der Waals surface area contributed by atoms with Crippen LogP contribution in [0.2, 0.25) is 0 Å². The molecule has 0 fully saturated rings. The van der Waals surface area contributed by atoms with Crippen LogP contribution in [0.15, 0.2) is 29.4 Å². The molecule has 0 aliphatic carbocycles. The molecule has 1 aromatic carbocycles. The summed E-state index contributed by atoms with van der Waals surface area (Å²) in [5, 5.41) is 13.5. The van der Waals surface area contributed by atoms with Crippen LogP contribution in [0.1, 0.15) is 102 Å². The molecule has 0 amide bonds. The number of hydrogen-bond donors (Lipinski definition) is 1. The maximum absolute atomic E-state index is 9.30. The van der Waals surface area contributed by atoms with Crippen molar-refractivity contribution in [2.45, 2.75) is 109 Å². The molecule has 3 nitrogen and oxygen atoms in total. The number of aromatic hydroxyl groups is 1. The third kappa shape index (κ3) is 11.0. The molecule has 29 heavy (non-hydrogen) atoms. The molecular weight excluding hydrogens is 358 g/mol. The van der Waals surface area contributed by atoms with Crippen molar-refractivity contribution in [2.24, 2.45) is 5.16 Å². The molecular formula is C26H39NO2. The van der Waals surface area contributed by atoms with Crippen molar-refractivity contribution in [3.05, 3.63) is 29.8 Å². The van der Waals surface area contributed by atoms with Gasteiger partial charge in [0.05, 0.1) is 0 Å². The van der Waals surface area contributed by atoms with Gasteiger partial charge in [0.1, 0.15) is 17.6 Å². The smallest absolute Gasteiger partial charge is 0.133 e. The van der Waals surface area contributed by atoms with E-state index in [0.717, 1.165) is 31.4 Å². The number of nitrogens with zero attached hydrogens (tertiary/aromatic N) is 1. The van der Waals surface area contributed by atoms with Crippen molar-refractivity contribution in [1.29, 1.82) is 0 Å². The van der Waals surface area contributed by atoms with E-state index in [1.165, 1.54) is 76.2 Å². The number of hydrogen-bond acceptors (Lipinski definition) is 3. The van der Waals surface area contributed by atoms with Gasteiger partial charge < -0.3 is 9.94 Å². The Balaban J connectivity index is 1.43. The molecule has 1 aliphatic rings. The first kappa shape index (κ1) is 23.3. The van der Waals surface area contributed by atoms with Crippen molar-refractivity contribution >= 4 is 5.71 Å². The second kappa shape index (κ2) is 15.0. The quantitative estimate of drug-likeness (QED) is 0.267. The van der Waals surface area contributed by atoms with E-state index in [-0.39, 0.29) is 6.10 Å². The number of benzene rings is 1. The Hall–Kier alpha value is -1.95. The molecule has 0 saturated heterocycles. The van der Waals surface area contributed by atoms with Gasteiger partial charge in [-0.2, -0.15) is 0 Å². The molecule has 0 spiro atoms. The summed E-state index contributed by atoms with van der Waals surface area (Å²) < 4.78 is 0. The molecule has 2 rings (SSSR count). The number of oxime groups is 1. The van der Waals surface area contributed by atoms with Crippen LogP contribution in [0.4, 0.5) is 0 Å². The fourth-order valence-electron chi connectivity index (χ4n) is 3.73. The largest absolute Gasteiger partial charge is 0.508 e. The zero-order valence-corrected chi connectivity index (χ0v) is 18.3. The second-order valence-corrected chi connectivity index (χ2v) is 8.26. The Bertz CT molecular complexity index is 639. The first-order valence-electron chi connectivity index (χ1n) is 11.8. The van der Waals surface area contributed by atoms with Gasteiger partial charge in [-0.15, -0.1) is 0 Å². The van der Waals surface area contributed by atoms with Crippen molar-refractivity contribution in [3.63, 3.8) is 0 Å². The molecule has 0 radical (unpaired) electrons. The van der Waals surface area contributed by atoms with E-state index in [0.29, 0.717) is 5.75 Å². The Labute approximate surface area is 177 Å². The zero-order chi connectivity index (χ0) is 20.6. The molecule has 1 atom stereocenters. The predicted octanol–water partition coefficient (Wildman–Crippen LogP) is 7.17. The van der Waals surface area contributed by atoms with Gasteiger partial charge in [-0.25, -0.2) is 0 Å². The predicted molar refractivity (Wildman–Crippen MR) is 122 cm³/mol. The molecule has 1 aliphatic heterocycles. The minimum absolute atomic E-state index is 0.231.